The summed E-state index contributed by atoms with van der Waals surface area (Å²) >= 11 is 0. The normalized spacial score (nSPS) is 11.1. The molecule has 0 N–H and O–H groups in total. The Morgan fingerprint density at radius 1 is 1.16 bits per heavy atom. The van der Waals surface area contributed by atoms with Gasteiger partial charge in [-0.05, 0) is 42.3 Å². The molecular formula is C21H19NO3. The van der Waals surface area contributed by atoms with Gasteiger partial charge in [0.1, 0.15) is 12.0 Å². The molecule has 4 nitrogen and oxygen atoms in total. The first kappa shape index (κ1) is 16.7. The van der Waals surface area contributed by atoms with Crippen molar-refractivity contribution in [2.24, 2.45) is 0 Å². The van der Waals surface area contributed by atoms with E-state index >= 15 is 0 Å². The highest BCUT2D eigenvalue weighted by atomic mass is 16.5. The van der Waals surface area contributed by atoms with E-state index in [1.807, 2.05) is 55.5 Å². The smallest absolute Gasteiger partial charge is 0.255 e. The van der Waals surface area contributed by atoms with E-state index in [0.717, 1.165) is 34.0 Å². The molecule has 0 fully saturated rings. The molecule has 1 heterocycles. The topological polar surface area (TPSA) is 48.3 Å². The quantitative estimate of drug-likeness (QED) is 0.523. The molecule has 4 heteroatoms. The third-order valence-corrected chi connectivity index (χ3v) is 4.27. The van der Waals surface area contributed by atoms with Crippen molar-refractivity contribution < 1.29 is 14.3 Å². The van der Waals surface area contributed by atoms with Gasteiger partial charge in [-0.2, -0.15) is 0 Å². The van der Waals surface area contributed by atoms with Gasteiger partial charge in [0.15, 0.2) is 0 Å². The molecule has 0 amide bonds. The number of aromatic nitrogens is 1. The molecule has 0 saturated carbocycles. The van der Waals surface area contributed by atoms with Crippen LogP contribution in [-0.2, 0) is 11.2 Å². The van der Waals surface area contributed by atoms with Crippen LogP contribution in [-0.4, -0.2) is 23.9 Å². The molecule has 0 unspecified atom stereocenters. The summed E-state index contributed by atoms with van der Waals surface area (Å²) in [5.74, 6) is 0.553. The lowest BCUT2D eigenvalue weighted by Crippen LogP contribution is -2.09. The number of fused-ring (bicyclic) bond motifs is 1. The second-order valence-corrected chi connectivity index (χ2v) is 5.74. The Kier molecular flexibility index (Phi) is 4.80. The molecule has 0 saturated heterocycles. The zero-order chi connectivity index (χ0) is 17.8. The summed E-state index contributed by atoms with van der Waals surface area (Å²) in [5.41, 5.74) is 3.36. The number of nitrogens with zero attached hydrogens (tertiary/aromatic N) is 1. The van der Waals surface area contributed by atoms with Crippen molar-refractivity contribution in [3.05, 3.63) is 71.4 Å². The average molecular weight is 333 g/mol. The molecule has 0 spiro atoms. The van der Waals surface area contributed by atoms with Crippen molar-refractivity contribution in [2.75, 3.05) is 7.11 Å². The number of methoxy groups -OCH3 is 1. The fraction of sp³-hybridized carbons (Fsp3) is 0.143. The van der Waals surface area contributed by atoms with Crippen molar-refractivity contribution in [1.82, 2.24) is 4.57 Å². The van der Waals surface area contributed by atoms with Gasteiger partial charge >= 0.3 is 0 Å². The predicted molar refractivity (Wildman–Crippen MR) is 99.1 cm³/mol. The van der Waals surface area contributed by atoms with Crippen molar-refractivity contribution >= 4 is 29.2 Å². The minimum atomic E-state index is -0.145. The van der Waals surface area contributed by atoms with Crippen LogP contribution in [0.5, 0.6) is 5.75 Å². The minimum absolute atomic E-state index is 0.145. The monoisotopic (exact) mass is 333 g/mol. The molecule has 0 aliphatic heterocycles. The summed E-state index contributed by atoms with van der Waals surface area (Å²) < 4.78 is 6.92. The van der Waals surface area contributed by atoms with Crippen LogP contribution in [0.1, 0.15) is 21.6 Å². The van der Waals surface area contributed by atoms with E-state index < -0.39 is 0 Å². The second-order valence-electron chi connectivity index (χ2n) is 5.74. The zero-order valence-corrected chi connectivity index (χ0v) is 14.2. The van der Waals surface area contributed by atoms with Crippen LogP contribution in [0.3, 0.4) is 0 Å². The average Bonchev–Trinajstić information content (AvgIpc) is 2.92. The second kappa shape index (κ2) is 7.18. The van der Waals surface area contributed by atoms with Crippen LogP contribution in [0.4, 0.5) is 0 Å². The highest BCUT2D eigenvalue weighted by Crippen LogP contribution is 2.29. The number of carbonyl (C=O) groups excluding carboxylic acids is 2. The number of aldehydes is 1. The van der Waals surface area contributed by atoms with Gasteiger partial charge in [0, 0.05) is 23.6 Å². The third-order valence-electron chi connectivity index (χ3n) is 4.27. The largest absolute Gasteiger partial charge is 0.497 e. The van der Waals surface area contributed by atoms with Crippen molar-refractivity contribution in [3.8, 4) is 5.75 Å². The predicted octanol–water partition coefficient (Wildman–Crippen LogP) is 4.05. The highest BCUT2D eigenvalue weighted by molar-refractivity contribution is 6.03. The molecule has 3 aromatic rings. The lowest BCUT2D eigenvalue weighted by molar-refractivity contribution is -0.107. The molecule has 0 aliphatic rings. The lowest BCUT2D eigenvalue weighted by Gasteiger charge is -2.04. The highest BCUT2D eigenvalue weighted by Gasteiger charge is 2.17. The van der Waals surface area contributed by atoms with Crippen LogP contribution in [0.25, 0.3) is 17.0 Å². The molecule has 0 radical (unpaired) electrons. The fourth-order valence-corrected chi connectivity index (χ4v) is 3.02. The van der Waals surface area contributed by atoms with Crippen molar-refractivity contribution in [3.63, 3.8) is 0 Å². The van der Waals surface area contributed by atoms with E-state index in [1.54, 1.807) is 23.8 Å². The van der Waals surface area contributed by atoms with Gasteiger partial charge in [-0.25, -0.2) is 0 Å². The van der Waals surface area contributed by atoms with E-state index in [4.69, 9.17) is 4.74 Å². The van der Waals surface area contributed by atoms with E-state index in [2.05, 4.69) is 0 Å². The van der Waals surface area contributed by atoms with Crippen LogP contribution < -0.4 is 4.74 Å². The lowest BCUT2D eigenvalue weighted by atomic mass is 10.1. The summed E-state index contributed by atoms with van der Waals surface area (Å²) in [6.45, 7) is 1.86. The molecule has 25 heavy (non-hydrogen) atoms. The first-order valence-corrected chi connectivity index (χ1v) is 8.04. The van der Waals surface area contributed by atoms with Gasteiger partial charge in [0.05, 0.1) is 12.6 Å². The molecule has 2 aromatic carbocycles. The van der Waals surface area contributed by atoms with Crippen molar-refractivity contribution in [1.29, 1.82) is 0 Å². The molecule has 1 aromatic heterocycles. The molecule has 0 bridgehead atoms. The summed E-state index contributed by atoms with van der Waals surface area (Å²) in [5, 5.41) is 0.866. The van der Waals surface area contributed by atoms with E-state index in [-0.39, 0.29) is 12.3 Å². The van der Waals surface area contributed by atoms with Gasteiger partial charge in [0.2, 0.25) is 0 Å². The van der Waals surface area contributed by atoms with E-state index in [1.165, 1.54) is 0 Å². The maximum absolute atomic E-state index is 12.8. The number of ether oxygens (including phenoxy) is 1. The molecule has 0 atom stereocenters. The first-order valence-electron chi connectivity index (χ1n) is 8.04. The summed E-state index contributed by atoms with van der Waals surface area (Å²) in [4.78, 5) is 23.9. The maximum atomic E-state index is 12.8. The Morgan fingerprint density at radius 2 is 1.92 bits per heavy atom. The maximum Gasteiger partial charge on any atom is 0.255 e. The van der Waals surface area contributed by atoms with E-state index in [0.29, 0.717) is 5.75 Å². The summed E-state index contributed by atoms with van der Waals surface area (Å²) in [6, 6.07) is 15.2. The fourth-order valence-electron chi connectivity index (χ4n) is 3.02. The SMILES string of the molecule is COc1ccc2c(c1)c(CC=O)c(C)n2C(=O)/C=C/c1ccccc1. The Balaban J connectivity index is 2.09. The molecule has 126 valence electrons. The molecular weight excluding hydrogens is 314 g/mol. The van der Waals surface area contributed by atoms with Gasteiger partial charge in [-0.1, -0.05) is 30.3 Å². The van der Waals surface area contributed by atoms with Gasteiger partial charge in [0.25, 0.3) is 5.91 Å². The standard InChI is InChI=1S/C21H19NO3/c1-15-18(12-13-23)19-14-17(25-2)9-10-20(19)22(15)21(24)11-8-16-6-4-3-5-7-16/h3-11,13-14H,12H2,1-2H3/b11-8+. The van der Waals surface area contributed by atoms with Crippen LogP contribution >= 0.6 is 0 Å². The Labute approximate surface area is 146 Å². The Bertz CT molecular complexity index is 952. The van der Waals surface area contributed by atoms with Crippen molar-refractivity contribution in [2.45, 2.75) is 13.3 Å². The first-order chi connectivity index (χ1) is 12.2. The number of carbonyl (C=O) groups is 2. The summed E-state index contributed by atoms with van der Waals surface area (Å²) in [7, 11) is 1.60. The van der Waals surface area contributed by atoms with Crippen LogP contribution in [0.2, 0.25) is 0 Å². The third kappa shape index (κ3) is 3.24. The van der Waals surface area contributed by atoms with E-state index in [9.17, 15) is 9.59 Å². The Hall–Kier alpha value is -3.14. The molecule has 0 aliphatic carbocycles. The van der Waals surface area contributed by atoms with Gasteiger partial charge < -0.3 is 9.53 Å². The number of hydrogen-bond donors (Lipinski definition) is 0. The summed E-state index contributed by atoms with van der Waals surface area (Å²) in [6.07, 6.45) is 4.46. The van der Waals surface area contributed by atoms with Gasteiger partial charge in [-0.3, -0.25) is 9.36 Å². The number of hydrogen-bond acceptors (Lipinski definition) is 3. The van der Waals surface area contributed by atoms with Gasteiger partial charge in [-0.15, -0.1) is 0 Å². The minimum Gasteiger partial charge on any atom is -0.497 e. The Morgan fingerprint density at radius 3 is 2.60 bits per heavy atom. The van der Waals surface area contributed by atoms with Crippen LogP contribution in [0, 0.1) is 6.92 Å². The molecule has 3 rings (SSSR count). The number of rotatable bonds is 5. The number of benzene rings is 2. The zero-order valence-electron chi connectivity index (χ0n) is 14.2. The van der Waals surface area contributed by atoms with Crippen LogP contribution in [0.15, 0.2) is 54.6 Å². The number of allylic oxidation sites excluding steroid dienone is 1.